The van der Waals surface area contributed by atoms with Gasteiger partial charge < -0.3 is 19.4 Å². The molecule has 0 spiro atoms. The van der Waals surface area contributed by atoms with Gasteiger partial charge >= 0.3 is 11.8 Å². The molecule has 0 N–H and O–H groups in total. The Hall–Kier alpha value is -2.55. The molecule has 1 aromatic rings. The monoisotopic (exact) mass is 347 g/mol. The molecule has 0 aliphatic carbocycles. The summed E-state index contributed by atoms with van der Waals surface area (Å²) in [5.74, 6) is -1.21. The highest BCUT2D eigenvalue weighted by Crippen LogP contribution is 2.09. The second-order valence-corrected chi connectivity index (χ2v) is 6.03. The number of carbonyl (C=O) groups excluding carboxylic acids is 3. The number of amides is 3. The van der Waals surface area contributed by atoms with Gasteiger partial charge in [0.1, 0.15) is 5.69 Å². The molecule has 3 amide bonds. The van der Waals surface area contributed by atoms with Crippen LogP contribution in [0.3, 0.4) is 0 Å². The number of morpholine rings is 1. The maximum atomic E-state index is 12.4. The number of aromatic nitrogens is 2. The molecule has 0 aromatic carbocycles. The Morgan fingerprint density at radius 2 is 1.40 bits per heavy atom. The maximum Gasteiger partial charge on any atom is 0.312 e. The Morgan fingerprint density at radius 1 is 0.840 bits per heavy atom. The molecule has 2 aliphatic rings. The second kappa shape index (κ2) is 7.56. The van der Waals surface area contributed by atoms with Crippen LogP contribution in [0.2, 0.25) is 0 Å². The number of nitrogens with zero attached hydrogens (tertiary/aromatic N) is 5. The number of carbonyl (C=O) groups is 3. The van der Waals surface area contributed by atoms with Gasteiger partial charge in [0.25, 0.3) is 5.91 Å². The van der Waals surface area contributed by atoms with Crippen molar-refractivity contribution < 1.29 is 19.1 Å². The summed E-state index contributed by atoms with van der Waals surface area (Å²) in [6, 6.07) is 0. The molecule has 2 fully saturated rings. The first-order chi connectivity index (χ1) is 12.1. The van der Waals surface area contributed by atoms with Crippen LogP contribution in [0.15, 0.2) is 12.4 Å². The summed E-state index contributed by atoms with van der Waals surface area (Å²) in [5, 5.41) is 0. The molecular formula is C16H21N5O4. The van der Waals surface area contributed by atoms with Gasteiger partial charge in [-0.2, -0.15) is 0 Å². The molecule has 0 bridgehead atoms. The summed E-state index contributed by atoms with van der Waals surface area (Å²) in [6.07, 6.45) is 3.01. The molecule has 9 heteroatoms. The van der Waals surface area contributed by atoms with Crippen molar-refractivity contribution in [2.24, 2.45) is 0 Å². The molecular weight excluding hydrogens is 326 g/mol. The first kappa shape index (κ1) is 17.3. The standard InChI is InChI=1S/C16H21N5O4/c1-12-10-18-13(11-17-12)14(22)19-2-4-20(5-3-19)15(23)16(24)21-6-8-25-9-7-21/h10-11H,2-9H2,1H3. The zero-order chi connectivity index (χ0) is 17.8. The largest absolute Gasteiger partial charge is 0.378 e. The lowest BCUT2D eigenvalue weighted by Gasteiger charge is -2.35. The number of aryl methyl sites for hydroxylation is 1. The van der Waals surface area contributed by atoms with Gasteiger partial charge in [0.2, 0.25) is 0 Å². The molecule has 134 valence electrons. The van der Waals surface area contributed by atoms with E-state index < -0.39 is 11.8 Å². The number of rotatable bonds is 1. The number of piperazine rings is 1. The Labute approximate surface area is 145 Å². The van der Waals surface area contributed by atoms with Gasteiger partial charge in [-0.25, -0.2) is 4.98 Å². The lowest BCUT2D eigenvalue weighted by Crippen LogP contribution is -2.55. The van der Waals surface area contributed by atoms with Crippen molar-refractivity contribution in [3.8, 4) is 0 Å². The van der Waals surface area contributed by atoms with Gasteiger partial charge in [0, 0.05) is 45.5 Å². The van der Waals surface area contributed by atoms with E-state index in [0.717, 1.165) is 5.69 Å². The molecule has 2 saturated heterocycles. The highest BCUT2D eigenvalue weighted by Gasteiger charge is 2.31. The van der Waals surface area contributed by atoms with E-state index >= 15 is 0 Å². The van der Waals surface area contributed by atoms with Crippen molar-refractivity contribution >= 4 is 17.7 Å². The third-order valence-electron chi connectivity index (χ3n) is 4.34. The highest BCUT2D eigenvalue weighted by molar-refractivity contribution is 6.34. The minimum atomic E-state index is -0.510. The topological polar surface area (TPSA) is 95.9 Å². The Balaban J connectivity index is 1.54. The third kappa shape index (κ3) is 3.93. The zero-order valence-electron chi connectivity index (χ0n) is 14.2. The molecule has 3 heterocycles. The molecule has 1 aromatic heterocycles. The highest BCUT2D eigenvalue weighted by atomic mass is 16.5. The van der Waals surface area contributed by atoms with Crippen molar-refractivity contribution in [3.05, 3.63) is 23.8 Å². The summed E-state index contributed by atoms with van der Waals surface area (Å²) in [4.78, 5) is 49.8. The van der Waals surface area contributed by atoms with E-state index in [1.165, 1.54) is 16.0 Å². The summed E-state index contributed by atoms with van der Waals surface area (Å²) in [5.41, 5.74) is 1.03. The SMILES string of the molecule is Cc1cnc(C(=O)N2CCN(C(=O)C(=O)N3CCOCC3)CC2)cn1. The molecule has 25 heavy (non-hydrogen) atoms. The number of hydrogen-bond donors (Lipinski definition) is 0. The minimum absolute atomic E-state index is 0.209. The lowest BCUT2D eigenvalue weighted by molar-refractivity contribution is -0.154. The van der Waals surface area contributed by atoms with E-state index in [4.69, 9.17) is 4.74 Å². The van der Waals surface area contributed by atoms with E-state index in [9.17, 15) is 14.4 Å². The molecule has 0 atom stereocenters. The fourth-order valence-electron chi connectivity index (χ4n) is 2.81. The normalized spacial score (nSPS) is 18.2. The number of ether oxygens (including phenoxy) is 1. The van der Waals surface area contributed by atoms with Crippen LogP contribution in [-0.4, -0.2) is 94.9 Å². The quantitative estimate of drug-likeness (QED) is 0.600. The van der Waals surface area contributed by atoms with Crippen LogP contribution in [0, 0.1) is 6.92 Å². The first-order valence-electron chi connectivity index (χ1n) is 8.30. The van der Waals surface area contributed by atoms with Gasteiger partial charge in [0.15, 0.2) is 0 Å². The van der Waals surface area contributed by atoms with Crippen LogP contribution >= 0.6 is 0 Å². The first-order valence-corrected chi connectivity index (χ1v) is 8.30. The fraction of sp³-hybridized carbons (Fsp3) is 0.562. The Bertz CT molecular complexity index is 649. The van der Waals surface area contributed by atoms with Crippen molar-refractivity contribution in [2.75, 3.05) is 52.5 Å². The lowest BCUT2D eigenvalue weighted by atomic mass is 10.2. The maximum absolute atomic E-state index is 12.4. The average molecular weight is 347 g/mol. The van der Waals surface area contributed by atoms with E-state index in [1.54, 1.807) is 18.0 Å². The van der Waals surface area contributed by atoms with Gasteiger partial charge in [-0.1, -0.05) is 0 Å². The van der Waals surface area contributed by atoms with Gasteiger partial charge in [0.05, 0.1) is 25.1 Å². The predicted octanol–water partition coefficient (Wildman–Crippen LogP) is -1.07. The van der Waals surface area contributed by atoms with Gasteiger partial charge in [-0.3, -0.25) is 19.4 Å². The molecule has 3 rings (SSSR count). The molecule has 0 unspecified atom stereocenters. The van der Waals surface area contributed by atoms with Crippen molar-refractivity contribution in [2.45, 2.75) is 6.92 Å². The van der Waals surface area contributed by atoms with Crippen LogP contribution in [0.1, 0.15) is 16.2 Å². The van der Waals surface area contributed by atoms with E-state index in [0.29, 0.717) is 52.5 Å². The van der Waals surface area contributed by atoms with E-state index in [2.05, 4.69) is 9.97 Å². The van der Waals surface area contributed by atoms with Crippen molar-refractivity contribution in [1.82, 2.24) is 24.7 Å². The zero-order valence-corrected chi connectivity index (χ0v) is 14.2. The predicted molar refractivity (Wildman–Crippen MR) is 86.7 cm³/mol. The Morgan fingerprint density at radius 3 is 1.96 bits per heavy atom. The summed E-state index contributed by atoms with van der Waals surface area (Å²) in [7, 11) is 0. The second-order valence-electron chi connectivity index (χ2n) is 6.03. The Kier molecular flexibility index (Phi) is 5.22. The van der Waals surface area contributed by atoms with E-state index in [-0.39, 0.29) is 11.6 Å². The molecule has 0 saturated carbocycles. The molecule has 0 radical (unpaired) electrons. The summed E-state index contributed by atoms with van der Waals surface area (Å²) >= 11 is 0. The summed E-state index contributed by atoms with van der Waals surface area (Å²) in [6.45, 7) is 5.01. The molecule has 9 nitrogen and oxygen atoms in total. The van der Waals surface area contributed by atoms with Crippen LogP contribution < -0.4 is 0 Å². The van der Waals surface area contributed by atoms with Crippen LogP contribution in [0.25, 0.3) is 0 Å². The summed E-state index contributed by atoms with van der Waals surface area (Å²) < 4.78 is 5.19. The van der Waals surface area contributed by atoms with Gasteiger partial charge in [-0.15, -0.1) is 0 Å². The number of hydrogen-bond acceptors (Lipinski definition) is 6. The van der Waals surface area contributed by atoms with E-state index in [1.807, 2.05) is 0 Å². The molecule has 2 aliphatic heterocycles. The van der Waals surface area contributed by atoms with Gasteiger partial charge in [-0.05, 0) is 6.92 Å². The van der Waals surface area contributed by atoms with Crippen LogP contribution in [-0.2, 0) is 14.3 Å². The fourth-order valence-corrected chi connectivity index (χ4v) is 2.81. The third-order valence-corrected chi connectivity index (χ3v) is 4.34. The van der Waals surface area contributed by atoms with Crippen LogP contribution in [0.4, 0.5) is 0 Å². The van der Waals surface area contributed by atoms with Crippen LogP contribution in [0.5, 0.6) is 0 Å². The minimum Gasteiger partial charge on any atom is -0.378 e. The smallest absolute Gasteiger partial charge is 0.312 e. The average Bonchev–Trinajstić information content (AvgIpc) is 2.67. The van der Waals surface area contributed by atoms with Crippen molar-refractivity contribution in [1.29, 1.82) is 0 Å². The van der Waals surface area contributed by atoms with Crippen molar-refractivity contribution in [3.63, 3.8) is 0 Å².